The van der Waals surface area contributed by atoms with Crippen molar-refractivity contribution in [2.75, 3.05) is 52.4 Å². The number of allylic oxidation sites excluding steroid dienone is 2. The first kappa shape index (κ1) is 19.7. The zero-order chi connectivity index (χ0) is 19.6. The van der Waals surface area contributed by atoms with Crippen LogP contribution in [-0.4, -0.2) is 79.1 Å². The van der Waals surface area contributed by atoms with Gasteiger partial charge in [-0.15, -0.1) is 0 Å². The quantitative estimate of drug-likeness (QED) is 0.694. The van der Waals surface area contributed by atoms with Crippen LogP contribution in [-0.2, 0) is 9.53 Å². The van der Waals surface area contributed by atoms with Crippen LogP contribution < -0.4 is 0 Å². The average molecular weight is 390 g/mol. The second-order valence-corrected chi connectivity index (χ2v) is 9.08. The van der Waals surface area contributed by atoms with E-state index in [4.69, 9.17) is 4.74 Å². The standard InChI is InChI=1S/C22H35N3O3/c1-2-28-21(27)25-14-12-24(13-15-25)20(26)19-16-22(19)8-10-23(11-9-22)17-18-6-4-3-5-7-18/h3-4,18-19H,2,5-17H2,1H3/t18-,19-/m1/s1. The molecule has 1 spiro atoms. The maximum absolute atomic E-state index is 13.0. The van der Waals surface area contributed by atoms with Gasteiger partial charge in [-0.25, -0.2) is 4.79 Å². The number of rotatable bonds is 4. The predicted molar refractivity (Wildman–Crippen MR) is 108 cm³/mol. The molecule has 6 heteroatoms. The Hall–Kier alpha value is -1.56. The lowest BCUT2D eigenvalue weighted by Crippen LogP contribution is -2.51. The smallest absolute Gasteiger partial charge is 0.409 e. The molecule has 1 saturated carbocycles. The molecule has 0 bridgehead atoms. The number of carbonyl (C=O) groups is 2. The minimum absolute atomic E-state index is 0.224. The monoisotopic (exact) mass is 389 g/mol. The summed E-state index contributed by atoms with van der Waals surface area (Å²) in [7, 11) is 0. The summed E-state index contributed by atoms with van der Waals surface area (Å²) in [6.45, 7) is 8.23. The second-order valence-electron chi connectivity index (χ2n) is 9.08. The van der Waals surface area contributed by atoms with E-state index in [-0.39, 0.29) is 17.4 Å². The molecule has 0 aromatic carbocycles. The molecule has 4 rings (SSSR count). The van der Waals surface area contributed by atoms with E-state index in [1.165, 1.54) is 38.6 Å². The Morgan fingerprint density at radius 1 is 1.04 bits per heavy atom. The van der Waals surface area contributed by atoms with E-state index in [9.17, 15) is 9.59 Å². The number of piperidine rings is 1. The Kier molecular flexibility index (Phi) is 5.95. The first-order chi connectivity index (χ1) is 13.6. The molecule has 2 saturated heterocycles. The van der Waals surface area contributed by atoms with Crippen molar-refractivity contribution >= 4 is 12.0 Å². The SMILES string of the molecule is CCOC(=O)N1CCN(C(=O)[C@H]2CC23CCN(C[C@@H]2CC=CCC2)CC3)CC1. The van der Waals surface area contributed by atoms with Crippen LogP contribution in [0, 0.1) is 17.3 Å². The van der Waals surface area contributed by atoms with Crippen LogP contribution >= 0.6 is 0 Å². The number of piperazine rings is 1. The van der Waals surface area contributed by atoms with Crippen molar-refractivity contribution in [2.24, 2.45) is 17.3 Å². The number of hydrogen-bond donors (Lipinski definition) is 0. The lowest BCUT2D eigenvalue weighted by atomic mass is 9.88. The molecule has 2 aliphatic carbocycles. The zero-order valence-corrected chi connectivity index (χ0v) is 17.3. The van der Waals surface area contributed by atoms with Crippen molar-refractivity contribution in [1.29, 1.82) is 0 Å². The summed E-state index contributed by atoms with van der Waals surface area (Å²) in [4.78, 5) is 31.2. The molecule has 156 valence electrons. The summed E-state index contributed by atoms with van der Waals surface area (Å²) in [5, 5.41) is 0. The summed E-state index contributed by atoms with van der Waals surface area (Å²) in [6, 6.07) is 0. The molecule has 4 aliphatic rings. The Bertz CT molecular complexity index is 604. The normalized spacial score (nSPS) is 29.8. The van der Waals surface area contributed by atoms with E-state index in [1.807, 2.05) is 11.8 Å². The fraction of sp³-hybridized carbons (Fsp3) is 0.818. The Morgan fingerprint density at radius 2 is 1.75 bits per heavy atom. The van der Waals surface area contributed by atoms with Gasteiger partial charge in [0.25, 0.3) is 0 Å². The molecule has 0 aromatic heterocycles. The van der Waals surface area contributed by atoms with Gasteiger partial charge in [0.05, 0.1) is 6.61 Å². The lowest BCUT2D eigenvalue weighted by Gasteiger charge is -2.37. The molecular weight excluding hydrogens is 354 g/mol. The van der Waals surface area contributed by atoms with Gasteiger partial charge in [-0.3, -0.25) is 4.79 Å². The van der Waals surface area contributed by atoms with E-state index in [2.05, 4.69) is 17.1 Å². The topological polar surface area (TPSA) is 53.1 Å². The van der Waals surface area contributed by atoms with Gasteiger partial charge in [-0.1, -0.05) is 12.2 Å². The predicted octanol–water partition coefficient (Wildman–Crippen LogP) is 2.75. The average Bonchev–Trinajstić information content (AvgIpc) is 3.44. The molecule has 0 radical (unpaired) electrons. The van der Waals surface area contributed by atoms with Crippen molar-refractivity contribution < 1.29 is 14.3 Å². The summed E-state index contributed by atoms with van der Waals surface area (Å²) in [6.07, 6.45) is 11.6. The Balaban J connectivity index is 1.21. The van der Waals surface area contributed by atoms with Crippen LogP contribution in [0.1, 0.15) is 45.4 Å². The summed E-state index contributed by atoms with van der Waals surface area (Å²) >= 11 is 0. The second kappa shape index (κ2) is 8.44. The number of hydrogen-bond acceptors (Lipinski definition) is 4. The fourth-order valence-corrected chi connectivity index (χ4v) is 5.36. The van der Waals surface area contributed by atoms with Gasteiger partial charge in [0.15, 0.2) is 0 Å². The van der Waals surface area contributed by atoms with Crippen molar-refractivity contribution in [3.63, 3.8) is 0 Å². The molecule has 0 N–H and O–H groups in total. The molecule has 6 nitrogen and oxygen atoms in total. The van der Waals surface area contributed by atoms with Gasteiger partial charge in [0, 0.05) is 38.6 Å². The van der Waals surface area contributed by atoms with Crippen LogP contribution in [0.3, 0.4) is 0 Å². The number of amides is 2. The maximum atomic E-state index is 13.0. The largest absolute Gasteiger partial charge is 0.450 e. The number of ether oxygens (including phenoxy) is 1. The van der Waals surface area contributed by atoms with Crippen LogP contribution in [0.2, 0.25) is 0 Å². The Morgan fingerprint density at radius 3 is 2.39 bits per heavy atom. The zero-order valence-electron chi connectivity index (χ0n) is 17.3. The molecular formula is C22H35N3O3. The van der Waals surface area contributed by atoms with Gasteiger partial charge in [0.1, 0.15) is 0 Å². The number of likely N-dealkylation sites (tertiary alicyclic amines) is 1. The van der Waals surface area contributed by atoms with E-state index in [0.717, 1.165) is 25.4 Å². The molecule has 0 aromatic rings. The van der Waals surface area contributed by atoms with E-state index < -0.39 is 0 Å². The molecule has 0 unspecified atom stereocenters. The maximum Gasteiger partial charge on any atom is 0.409 e. The van der Waals surface area contributed by atoms with Crippen molar-refractivity contribution in [3.05, 3.63) is 12.2 Å². The molecule has 3 fully saturated rings. The molecule has 2 atom stereocenters. The van der Waals surface area contributed by atoms with Crippen LogP contribution in [0.15, 0.2) is 12.2 Å². The van der Waals surface area contributed by atoms with E-state index >= 15 is 0 Å². The van der Waals surface area contributed by atoms with Crippen molar-refractivity contribution in [3.8, 4) is 0 Å². The minimum atomic E-state index is -0.252. The first-order valence-corrected chi connectivity index (χ1v) is 11.2. The lowest BCUT2D eigenvalue weighted by molar-refractivity contribution is -0.135. The first-order valence-electron chi connectivity index (χ1n) is 11.2. The minimum Gasteiger partial charge on any atom is -0.450 e. The van der Waals surface area contributed by atoms with Crippen molar-refractivity contribution in [1.82, 2.24) is 14.7 Å². The third kappa shape index (κ3) is 4.22. The van der Waals surface area contributed by atoms with E-state index in [0.29, 0.717) is 38.7 Å². The molecule has 2 heterocycles. The van der Waals surface area contributed by atoms with Gasteiger partial charge in [0.2, 0.25) is 5.91 Å². The summed E-state index contributed by atoms with van der Waals surface area (Å²) in [5.41, 5.74) is 0.276. The summed E-state index contributed by atoms with van der Waals surface area (Å²) in [5.74, 6) is 1.38. The third-order valence-electron chi connectivity index (χ3n) is 7.35. The highest BCUT2D eigenvalue weighted by Gasteiger charge is 2.59. The van der Waals surface area contributed by atoms with Gasteiger partial charge in [-0.2, -0.15) is 0 Å². The highest BCUT2D eigenvalue weighted by atomic mass is 16.6. The van der Waals surface area contributed by atoms with Crippen LogP contribution in [0.25, 0.3) is 0 Å². The van der Waals surface area contributed by atoms with Crippen LogP contribution in [0.5, 0.6) is 0 Å². The Labute approximate surface area is 168 Å². The van der Waals surface area contributed by atoms with Gasteiger partial charge in [-0.05, 0) is 69.9 Å². The molecule has 2 aliphatic heterocycles. The van der Waals surface area contributed by atoms with Crippen LogP contribution in [0.4, 0.5) is 4.79 Å². The van der Waals surface area contributed by atoms with Gasteiger partial charge >= 0.3 is 6.09 Å². The van der Waals surface area contributed by atoms with E-state index in [1.54, 1.807) is 4.90 Å². The fourth-order valence-electron chi connectivity index (χ4n) is 5.36. The van der Waals surface area contributed by atoms with Crippen molar-refractivity contribution in [2.45, 2.75) is 45.4 Å². The van der Waals surface area contributed by atoms with Gasteiger partial charge < -0.3 is 19.4 Å². The highest BCUT2D eigenvalue weighted by Crippen LogP contribution is 2.60. The molecule has 28 heavy (non-hydrogen) atoms. The third-order valence-corrected chi connectivity index (χ3v) is 7.35. The highest BCUT2D eigenvalue weighted by molar-refractivity contribution is 5.83. The molecule has 2 amide bonds. The number of nitrogens with zero attached hydrogens (tertiary/aromatic N) is 3. The summed E-state index contributed by atoms with van der Waals surface area (Å²) < 4.78 is 5.07. The number of carbonyl (C=O) groups excluding carboxylic acids is 2.